The lowest BCUT2D eigenvalue weighted by molar-refractivity contribution is -0.130. The van der Waals surface area contributed by atoms with E-state index in [1.54, 1.807) is 6.92 Å². The highest BCUT2D eigenvalue weighted by Gasteiger charge is 2.18. The number of hydrogen-bond acceptors (Lipinski definition) is 4. The number of hydrazine groups is 1. The summed E-state index contributed by atoms with van der Waals surface area (Å²) >= 11 is 0. The largest absolute Gasteiger partial charge is 0.340 e. The second kappa shape index (κ2) is 7.19. The van der Waals surface area contributed by atoms with Gasteiger partial charge in [-0.15, -0.1) is 0 Å². The summed E-state index contributed by atoms with van der Waals surface area (Å²) in [7, 11) is 0. The van der Waals surface area contributed by atoms with Crippen LogP contribution in [-0.2, 0) is 22.6 Å². The van der Waals surface area contributed by atoms with Crippen LogP contribution in [0.2, 0.25) is 0 Å². The Hall–Kier alpha value is -1.92. The van der Waals surface area contributed by atoms with Crippen molar-refractivity contribution in [1.29, 1.82) is 0 Å². The van der Waals surface area contributed by atoms with Crippen LogP contribution in [0.3, 0.4) is 0 Å². The Bertz CT molecular complexity index is 493. The predicted octanol–water partition coefficient (Wildman–Crippen LogP) is -0.117. The topological polar surface area (TPSA) is 78.7 Å². The Balaban J connectivity index is 1.84. The van der Waals surface area contributed by atoms with Crippen LogP contribution in [0.15, 0.2) is 24.3 Å². The van der Waals surface area contributed by atoms with Crippen LogP contribution < -0.4 is 11.3 Å². The number of nitrogens with one attached hydrogen (secondary N) is 1. The predicted molar refractivity (Wildman–Crippen MR) is 80.0 cm³/mol. The zero-order chi connectivity index (χ0) is 15.2. The van der Waals surface area contributed by atoms with E-state index >= 15 is 0 Å². The molecule has 21 heavy (non-hydrogen) atoms. The van der Waals surface area contributed by atoms with Gasteiger partial charge in [0.1, 0.15) is 0 Å². The number of benzene rings is 1. The Morgan fingerprint density at radius 2 is 1.67 bits per heavy atom. The molecule has 1 aromatic rings. The molecule has 1 aromatic carbocycles. The SMILES string of the molecule is CC(=O)N1CCN(Cc2ccc(CC(=O)NN)cc2)CC1. The van der Waals surface area contributed by atoms with Crippen LogP contribution in [0.25, 0.3) is 0 Å². The molecule has 1 aliphatic rings. The van der Waals surface area contributed by atoms with Crippen molar-refractivity contribution in [2.24, 2.45) is 5.84 Å². The first-order chi connectivity index (χ1) is 10.1. The minimum atomic E-state index is -0.192. The molecule has 6 nitrogen and oxygen atoms in total. The van der Waals surface area contributed by atoms with Gasteiger partial charge in [-0.3, -0.25) is 19.9 Å². The highest BCUT2D eigenvalue weighted by Crippen LogP contribution is 2.10. The van der Waals surface area contributed by atoms with E-state index in [9.17, 15) is 9.59 Å². The number of hydrogen-bond donors (Lipinski definition) is 2. The van der Waals surface area contributed by atoms with Crippen molar-refractivity contribution in [2.75, 3.05) is 26.2 Å². The lowest BCUT2D eigenvalue weighted by Crippen LogP contribution is -2.47. The van der Waals surface area contributed by atoms with Crippen molar-refractivity contribution >= 4 is 11.8 Å². The Labute approximate surface area is 124 Å². The molecule has 0 spiro atoms. The summed E-state index contributed by atoms with van der Waals surface area (Å²) in [6, 6.07) is 7.99. The maximum atomic E-state index is 11.3. The fourth-order valence-electron chi connectivity index (χ4n) is 2.48. The van der Waals surface area contributed by atoms with Crippen molar-refractivity contribution in [1.82, 2.24) is 15.2 Å². The number of carbonyl (C=O) groups is 2. The first kappa shape index (κ1) is 15.5. The van der Waals surface area contributed by atoms with Gasteiger partial charge < -0.3 is 4.90 Å². The molecule has 0 aliphatic carbocycles. The lowest BCUT2D eigenvalue weighted by Gasteiger charge is -2.34. The molecule has 1 aliphatic heterocycles. The Morgan fingerprint density at radius 3 is 2.19 bits per heavy atom. The highest BCUT2D eigenvalue weighted by molar-refractivity contribution is 5.77. The summed E-state index contributed by atoms with van der Waals surface area (Å²) in [6.45, 7) is 5.88. The van der Waals surface area contributed by atoms with Gasteiger partial charge in [0, 0.05) is 39.6 Å². The molecule has 0 radical (unpaired) electrons. The molecule has 114 valence electrons. The second-order valence-corrected chi connectivity index (χ2v) is 5.34. The molecule has 1 fully saturated rings. The molecule has 6 heteroatoms. The summed E-state index contributed by atoms with van der Waals surface area (Å²) in [6.07, 6.45) is 0.300. The van der Waals surface area contributed by atoms with Crippen LogP contribution in [0.1, 0.15) is 18.1 Å². The molecule has 0 bridgehead atoms. The summed E-state index contributed by atoms with van der Waals surface area (Å²) in [5.41, 5.74) is 4.29. The van der Waals surface area contributed by atoms with Gasteiger partial charge in [-0.2, -0.15) is 0 Å². The molecule has 0 atom stereocenters. The first-order valence-electron chi connectivity index (χ1n) is 7.13. The molecular formula is C15H22N4O2. The quantitative estimate of drug-likeness (QED) is 0.460. The van der Waals surface area contributed by atoms with Gasteiger partial charge in [0.25, 0.3) is 0 Å². The monoisotopic (exact) mass is 290 g/mol. The third-order valence-corrected chi connectivity index (χ3v) is 3.77. The van der Waals surface area contributed by atoms with Crippen LogP contribution in [0, 0.1) is 0 Å². The molecule has 1 heterocycles. The van der Waals surface area contributed by atoms with Crippen LogP contribution >= 0.6 is 0 Å². The van der Waals surface area contributed by atoms with Crippen molar-refractivity contribution in [3.63, 3.8) is 0 Å². The number of amides is 2. The molecule has 1 saturated heterocycles. The van der Waals surface area contributed by atoms with E-state index in [0.717, 1.165) is 38.3 Å². The van der Waals surface area contributed by atoms with Crippen molar-refractivity contribution in [3.8, 4) is 0 Å². The van der Waals surface area contributed by atoms with Gasteiger partial charge in [-0.05, 0) is 11.1 Å². The van der Waals surface area contributed by atoms with Gasteiger partial charge >= 0.3 is 0 Å². The maximum Gasteiger partial charge on any atom is 0.238 e. The third kappa shape index (κ3) is 4.54. The van der Waals surface area contributed by atoms with Crippen molar-refractivity contribution < 1.29 is 9.59 Å². The highest BCUT2D eigenvalue weighted by atomic mass is 16.2. The molecule has 0 aromatic heterocycles. The summed E-state index contributed by atoms with van der Waals surface area (Å²) in [4.78, 5) is 26.7. The number of nitrogens with two attached hydrogens (primary N) is 1. The van der Waals surface area contributed by atoms with Crippen LogP contribution in [-0.4, -0.2) is 47.8 Å². The first-order valence-corrected chi connectivity index (χ1v) is 7.13. The van der Waals surface area contributed by atoms with Crippen LogP contribution in [0.4, 0.5) is 0 Å². The molecule has 2 rings (SSSR count). The van der Waals surface area contributed by atoms with E-state index in [1.165, 1.54) is 5.56 Å². The fraction of sp³-hybridized carbons (Fsp3) is 0.467. The Kier molecular flexibility index (Phi) is 5.30. The normalized spacial score (nSPS) is 15.8. The van der Waals surface area contributed by atoms with Crippen molar-refractivity contribution in [3.05, 3.63) is 35.4 Å². The van der Waals surface area contributed by atoms with E-state index < -0.39 is 0 Å². The van der Waals surface area contributed by atoms with Crippen LogP contribution in [0.5, 0.6) is 0 Å². The summed E-state index contributed by atoms with van der Waals surface area (Å²) in [5, 5.41) is 0. The lowest BCUT2D eigenvalue weighted by atomic mass is 10.1. The molecule has 2 amide bonds. The summed E-state index contributed by atoms with van der Waals surface area (Å²) in [5.74, 6) is 5.03. The molecule has 0 saturated carbocycles. The number of carbonyl (C=O) groups excluding carboxylic acids is 2. The second-order valence-electron chi connectivity index (χ2n) is 5.34. The van der Waals surface area contributed by atoms with E-state index in [4.69, 9.17) is 5.84 Å². The average Bonchev–Trinajstić information content (AvgIpc) is 2.49. The minimum absolute atomic E-state index is 0.150. The van der Waals surface area contributed by atoms with Gasteiger partial charge in [0.2, 0.25) is 11.8 Å². The molecule has 0 unspecified atom stereocenters. The maximum absolute atomic E-state index is 11.3. The number of rotatable bonds is 4. The summed E-state index contributed by atoms with van der Waals surface area (Å²) < 4.78 is 0. The van der Waals surface area contributed by atoms with E-state index in [1.807, 2.05) is 29.2 Å². The van der Waals surface area contributed by atoms with E-state index in [0.29, 0.717) is 6.42 Å². The Morgan fingerprint density at radius 1 is 1.10 bits per heavy atom. The number of piperazine rings is 1. The van der Waals surface area contributed by atoms with Gasteiger partial charge in [-0.1, -0.05) is 24.3 Å². The van der Waals surface area contributed by atoms with Gasteiger partial charge in [0.15, 0.2) is 0 Å². The average molecular weight is 290 g/mol. The molecular weight excluding hydrogens is 268 g/mol. The standard InChI is InChI=1S/C15H22N4O2/c1-12(20)19-8-6-18(7-9-19)11-14-4-2-13(3-5-14)10-15(21)17-16/h2-5H,6-11,16H2,1H3,(H,17,21). The van der Waals surface area contributed by atoms with E-state index in [-0.39, 0.29) is 11.8 Å². The van der Waals surface area contributed by atoms with Crippen molar-refractivity contribution in [2.45, 2.75) is 19.9 Å². The van der Waals surface area contributed by atoms with Gasteiger partial charge in [0.05, 0.1) is 6.42 Å². The zero-order valence-electron chi connectivity index (χ0n) is 12.3. The number of nitrogens with zero attached hydrogens (tertiary/aromatic N) is 2. The van der Waals surface area contributed by atoms with E-state index in [2.05, 4.69) is 10.3 Å². The fourth-order valence-corrected chi connectivity index (χ4v) is 2.48. The minimum Gasteiger partial charge on any atom is -0.340 e. The smallest absolute Gasteiger partial charge is 0.238 e. The zero-order valence-corrected chi connectivity index (χ0v) is 12.3. The molecule has 3 N–H and O–H groups in total. The third-order valence-electron chi connectivity index (χ3n) is 3.77. The van der Waals surface area contributed by atoms with Gasteiger partial charge in [-0.25, -0.2) is 5.84 Å².